The Morgan fingerprint density at radius 2 is 2.05 bits per heavy atom. The van der Waals surface area contributed by atoms with E-state index in [-0.39, 0.29) is 24.0 Å². The number of nitrogens with one attached hydrogen (secondary N) is 2. The van der Waals surface area contributed by atoms with Crippen molar-refractivity contribution in [2.75, 3.05) is 26.2 Å². The molecule has 0 aromatic carbocycles. The van der Waals surface area contributed by atoms with E-state index in [1.54, 1.807) is 0 Å². The second kappa shape index (κ2) is 7.66. The predicted octanol–water partition coefficient (Wildman–Crippen LogP) is 1.56. The highest BCUT2D eigenvalue weighted by Crippen LogP contribution is 2.32. The maximum atomic E-state index is 10.2. The standard InChI is InChI=1S/C16H30N4O.HI/c1-3-17-15(18-11-16(21)7-4-8-16)19-14-10-20(9-12(14)2)13-5-6-13;/h12-14,21H,3-11H2,1-2H3,(H2,17,18,19);1H. The molecule has 0 aromatic heterocycles. The van der Waals surface area contributed by atoms with E-state index in [4.69, 9.17) is 0 Å². The maximum Gasteiger partial charge on any atom is 0.191 e. The lowest BCUT2D eigenvalue weighted by atomic mass is 9.80. The summed E-state index contributed by atoms with van der Waals surface area (Å²) in [6, 6.07) is 1.31. The Morgan fingerprint density at radius 1 is 1.32 bits per heavy atom. The summed E-state index contributed by atoms with van der Waals surface area (Å²) in [7, 11) is 0. The molecule has 1 saturated heterocycles. The Morgan fingerprint density at radius 3 is 2.59 bits per heavy atom. The first-order valence-corrected chi connectivity index (χ1v) is 8.61. The molecule has 2 saturated carbocycles. The first kappa shape index (κ1) is 18.3. The second-order valence-electron chi connectivity index (χ2n) is 7.19. The number of hydrogen-bond donors (Lipinski definition) is 3. The van der Waals surface area contributed by atoms with Gasteiger partial charge in [-0.2, -0.15) is 0 Å². The van der Waals surface area contributed by atoms with Gasteiger partial charge in [-0.25, -0.2) is 0 Å². The molecule has 2 atom stereocenters. The molecule has 0 radical (unpaired) electrons. The van der Waals surface area contributed by atoms with Crippen LogP contribution in [0.4, 0.5) is 0 Å². The van der Waals surface area contributed by atoms with E-state index in [1.165, 1.54) is 19.4 Å². The molecule has 0 aromatic rings. The van der Waals surface area contributed by atoms with Gasteiger partial charge in [0, 0.05) is 31.7 Å². The van der Waals surface area contributed by atoms with Gasteiger partial charge in [0.25, 0.3) is 0 Å². The fraction of sp³-hybridized carbons (Fsp3) is 0.938. The second-order valence-corrected chi connectivity index (χ2v) is 7.19. The van der Waals surface area contributed by atoms with Gasteiger partial charge < -0.3 is 15.7 Å². The summed E-state index contributed by atoms with van der Waals surface area (Å²) >= 11 is 0. The van der Waals surface area contributed by atoms with E-state index in [1.807, 2.05) is 0 Å². The van der Waals surface area contributed by atoms with Crippen LogP contribution in [-0.4, -0.2) is 59.8 Å². The summed E-state index contributed by atoms with van der Waals surface area (Å²) in [5.74, 6) is 1.52. The Hall–Kier alpha value is -0.0800. The molecule has 2 aliphatic carbocycles. The highest BCUT2D eigenvalue weighted by molar-refractivity contribution is 14.0. The predicted molar refractivity (Wildman–Crippen MR) is 101 cm³/mol. The molecule has 3 fully saturated rings. The van der Waals surface area contributed by atoms with Crippen LogP contribution >= 0.6 is 24.0 Å². The first-order valence-electron chi connectivity index (χ1n) is 8.61. The summed E-state index contributed by atoms with van der Waals surface area (Å²) in [6.07, 6.45) is 5.67. The fourth-order valence-electron chi connectivity index (χ4n) is 3.39. The van der Waals surface area contributed by atoms with E-state index >= 15 is 0 Å². The van der Waals surface area contributed by atoms with Crippen molar-refractivity contribution in [3.63, 3.8) is 0 Å². The summed E-state index contributed by atoms with van der Waals surface area (Å²) in [6.45, 7) is 8.12. The Kier molecular flexibility index (Phi) is 6.36. The van der Waals surface area contributed by atoms with E-state index in [0.29, 0.717) is 18.5 Å². The van der Waals surface area contributed by atoms with E-state index in [9.17, 15) is 5.11 Å². The molecule has 0 bridgehead atoms. The number of aliphatic imine (C=N–C) groups is 1. The molecule has 6 heteroatoms. The lowest BCUT2D eigenvalue weighted by molar-refractivity contribution is -0.0236. The van der Waals surface area contributed by atoms with Gasteiger partial charge in [0.15, 0.2) is 5.96 Å². The van der Waals surface area contributed by atoms with Crippen molar-refractivity contribution in [3.8, 4) is 0 Å². The van der Waals surface area contributed by atoms with Gasteiger partial charge in [-0.3, -0.25) is 9.89 Å². The van der Waals surface area contributed by atoms with Gasteiger partial charge in [-0.1, -0.05) is 6.92 Å². The smallest absolute Gasteiger partial charge is 0.191 e. The van der Waals surface area contributed by atoms with Crippen LogP contribution in [-0.2, 0) is 0 Å². The van der Waals surface area contributed by atoms with Crippen molar-refractivity contribution in [1.82, 2.24) is 15.5 Å². The van der Waals surface area contributed by atoms with Crippen molar-refractivity contribution >= 4 is 29.9 Å². The molecule has 1 heterocycles. The first-order chi connectivity index (χ1) is 10.1. The van der Waals surface area contributed by atoms with E-state index in [0.717, 1.165) is 44.4 Å². The van der Waals surface area contributed by atoms with Crippen LogP contribution in [0.5, 0.6) is 0 Å². The number of nitrogens with zero attached hydrogens (tertiary/aromatic N) is 2. The minimum absolute atomic E-state index is 0. The summed E-state index contributed by atoms with van der Waals surface area (Å²) in [5.41, 5.74) is -0.538. The molecule has 0 spiro atoms. The Labute approximate surface area is 151 Å². The van der Waals surface area contributed by atoms with Crippen LogP contribution in [0.3, 0.4) is 0 Å². The quantitative estimate of drug-likeness (QED) is 0.358. The molecule has 3 aliphatic rings. The minimum Gasteiger partial charge on any atom is -0.388 e. The molecule has 5 nitrogen and oxygen atoms in total. The van der Waals surface area contributed by atoms with Crippen LogP contribution in [0.15, 0.2) is 4.99 Å². The molecule has 128 valence electrons. The van der Waals surface area contributed by atoms with Crippen LogP contribution in [0.2, 0.25) is 0 Å². The summed E-state index contributed by atoms with van der Waals surface area (Å²) in [4.78, 5) is 7.23. The molecule has 22 heavy (non-hydrogen) atoms. The van der Waals surface area contributed by atoms with Crippen LogP contribution in [0.1, 0.15) is 46.0 Å². The zero-order chi connectivity index (χ0) is 14.9. The molecule has 0 amide bonds. The van der Waals surface area contributed by atoms with Gasteiger partial charge in [0.1, 0.15) is 0 Å². The average Bonchev–Trinajstić information content (AvgIpc) is 3.20. The molecule has 3 rings (SSSR count). The van der Waals surface area contributed by atoms with Gasteiger partial charge in [-0.15, -0.1) is 24.0 Å². The largest absolute Gasteiger partial charge is 0.388 e. The Bertz CT molecular complexity index is 396. The molecule has 2 unspecified atom stereocenters. The van der Waals surface area contributed by atoms with Crippen molar-refractivity contribution in [2.45, 2.75) is 63.6 Å². The number of likely N-dealkylation sites (tertiary alicyclic amines) is 1. The van der Waals surface area contributed by atoms with Gasteiger partial charge >= 0.3 is 0 Å². The third-order valence-corrected chi connectivity index (χ3v) is 5.19. The average molecular weight is 422 g/mol. The van der Waals surface area contributed by atoms with Crippen molar-refractivity contribution in [3.05, 3.63) is 0 Å². The monoisotopic (exact) mass is 422 g/mol. The lowest BCUT2D eigenvalue weighted by Gasteiger charge is -2.35. The molecule has 3 N–H and O–H groups in total. The summed E-state index contributed by atoms with van der Waals surface area (Å²) in [5, 5.41) is 17.1. The van der Waals surface area contributed by atoms with Crippen molar-refractivity contribution in [2.24, 2.45) is 10.9 Å². The van der Waals surface area contributed by atoms with Crippen LogP contribution < -0.4 is 10.6 Å². The highest BCUT2D eigenvalue weighted by Gasteiger charge is 2.38. The van der Waals surface area contributed by atoms with Gasteiger partial charge in [0.05, 0.1) is 12.1 Å². The number of rotatable bonds is 5. The Balaban J connectivity index is 0.00000176. The molecular weight excluding hydrogens is 391 g/mol. The van der Waals surface area contributed by atoms with E-state index in [2.05, 4.69) is 34.4 Å². The molecule has 1 aliphatic heterocycles. The van der Waals surface area contributed by atoms with Gasteiger partial charge in [-0.05, 0) is 44.9 Å². The van der Waals surface area contributed by atoms with Gasteiger partial charge in [0.2, 0.25) is 0 Å². The number of guanidine groups is 1. The molecular formula is C16H31IN4O. The highest BCUT2D eigenvalue weighted by atomic mass is 127. The zero-order valence-electron chi connectivity index (χ0n) is 13.8. The topological polar surface area (TPSA) is 59.9 Å². The number of aliphatic hydroxyl groups is 1. The number of hydrogen-bond acceptors (Lipinski definition) is 3. The van der Waals surface area contributed by atoms with Crippen LogP contribution in [0.25, 0.3) is 0 Å². The third-order valence-electron chi connectivity index (χ3n) is 5.19. The third kappa shape index (κ3) is 4.47. The SMILES string of the molecule is CCNC(=NCC1(O)CCC1)NC1CN(C2CC2)CC1C.I. The van der Waals surface area contributed by atoms with Crippen LogP contribution in [0, 0.1) is 5.92 Å². The number of halogens is 1. The minimum atomic E-state index is -0.538. The van der Waals surface area contributed by atoms with E-state index < -0.39 is 5.60 Å². The lowest BCUT2D eigenvalue weighted by Crippen LogP contribution is -2.48. The zero-order valence-corrected chi connectivity index (χ0v) is 16.2. The maximum absolute atomic E-state index is 10.2. The summed E-state index contributed by atoms with van der Waals surface area (Å²) < 4.78 is 0. The van der Waals surface area contributed by atoms with Crippen molar-refractivity contribution < 1.29 is 5.11 Å². The normalized spacial score (nSPS) is 31.3. The fourth-order valence-corrected chi connectivity index (χ4v) is 3.39. The van der Waals surface area contributed by atoms with Crippen molar-refractivity contribution in [1.29, 1.82) is 0 Å².